The van der Waals surface area contributed by atoms with Crippen molar-refractivity contribution in [2.24, 2.45) is 0 Å². The lowest BCUT2D eigenvalue weighted by Crippen LogP contribution is -2.30. The Hall–Kier alpha value is -2.43. The summed E-state index contributed by atoms with van der Waals surface area (Å²) in [5.41, 5.74) is 1.26. The summed E-state index contributed by atoms with van der Waals surface area (Å²) in [6.07, 6.45) is 0.571. The molecule has 0 aliphatic carbocycles. The van der Waals surface area contributed by atoms with Crippen molar-refractivity contribution in [3.8, 4) is 0 Å². The first-order valence-electron chi connectivity index (χ1n) is 9.71. The maximum Gasteiger partial charge on any atom is 0.255 e. The minimum atomic E-state index is -3.59. The Morgan fingerprint density at radius 2 is 1.77 bits per heavy atom. The number of nitrogens with zero attached hydrogens (tertiary/aromatic N) is 2. The third-order valence-corrected chi connectivity index (χ3v) is 8.88. The highest BCUT2D eigenvalue weighted by Gasteiger charge is 2.28. The Morgan fingerprint density at radius 1 is 1.10 bits per heavy atom. The van der Waals surface area contributed by atoms with E-state index in [1.54, 1.807) is 38.1 Å². The van der Waals surface area contributed by atoms with Gasteiger partial charge in [-0.25, -0.2) is 16.8 Å². The molecule has 0 saturated carbocycles. The van der Waals surface area contributed by atoms with Gasteiger partial charge in [-0.3, -0.25) is 9.10 Å². The normalized spacial score (nSPS) is 16.0. The molecule has 0 unspecified atom stereocenters. The number of anilines is 2. The number of carbonyl (C=O) groups is 1. The zero-order chi connectivity index (χ0) is 21.9. The summed E-state index contributed by atoms with van der Waals surface area (Å²) in [4.78, 5) is 12.7. The second kappa shape index (κ2) is 8.75. The maximum atomic E-state index is 12.6. The Kier molecular flexibility index (Phi) is 6.49. The molecule has 10 heteroatoms. The minimum absolute atomic E-state index is 0.117. The van der Waals surface area contributed by atoms with Gasteiger partial charge in [0.15, 0.2) is 0 Å². The highest BCUT2D eigenvalue weighted by molar-refractivity contribution is 7.93. The quantitative estimate of drug-likeness (QED) is 0.697. The molecule has 2 aromatic carbocycles. The molecule has 3 rings (SSSR count). The summed E-state index contributed by atoms with van der Waals surface area (Å²) in [6, 6.07) is 12.4. The fraction of sp³-hybridized carbons (Fsp3) is 0.350. The van der Waals surface area contributed by atoms with Crippen molar-refractivity contribution in [2.45, 2.75) is 25.2 Å². The van der Waals surface area contributed by atoms with Crippen LogP contribution in [0.5, 0.6) is 0 Å². The highest BCUT2D eigenvalue weighted by Crippen LogP contribution is 2.26. The molecular formula is C20H25N3O5S2. The molecule has 0 radical (unpaired) electrons. The molecule has 8 nitrogen and oxygen atoms in total. The number of benzene rings is 2. The second-order valence-electron chi connectivity index (χ2n) is 6.86. The van der Waals surface area contributed by atoms with Crippen LogP contribution in [-0.2, 0) is 20.0 Å². The van der Waals surface area contributed by atoms with Gasteiger partial charge in [-0.2, -0.15) is 4.31 Å². The van der Waals surface area contributed by atoms with Crippen LogP contribution < -0.4 is 9.62 Å². The summed E-state index contributed by atoms with van der Waals surface area (Å²) in [7, 11) is -6.90. The number of carbonyl (C=O) groups excluding carboxylic acids is 1. The molecule has 0 bridgehead atoms. The minimum Gasteiger partial charge on any atom is -0.322 e. The summed E-state index contributed by atoms with van der Waals surface area (Å²) in [6.45, 7) is 4.69. The van der Waals surface area contributed by atoms with Gasteiger partial charge in [-0.1, -0.05) is 19.9 Å². The van der Waals surface area contributed by atoms with Crippen LogP contribution in [0.2, 0.25) is 0 Å². The molecular weight excluding hydrogens is 426 g/mol. The van der Waals surface area contributed by atoms with Gasteiger partial charge >= 0.3 is 0 Å². The van der Waals surface area contributed by atoms with Gasteiger partial charge in [0.05, 0.1) is 16.3 Å². The first kappa shape index (κ1) is 22.3. The van der Waals surface area contributed by atoms with E-state index in [2.05, 4.69) is 5.32 Å². The predicted molar refractivity (Wildman–Crippen MR) is 117 cm³/mol. The van der Waals surface area contributed by atoms with E-state index in [0.29, 0.717) is 43.0 Å². The Balaban J connectivity index is 1.76. The van der Waals surface area contributed by atoms with Gasteiger partial charge in [-0.15, -0.1) is 0 Å². The molecule has 1 fully saturated rings. The zero-order valence-electron chi connectivity index (χ0n) is 16.9. The van der Waals surface area contributed by atoms with E-state index in [-0.39, 0.29) is 10.6 Å². The fourth-order valence-corrected chi connectivity index (χ4v) is 6.38. The molecule has 1 aliphatic heterocycles. The average Bonchev–Trinajstić information content (AvgIpc) is 3.08. The number of rotatable bonds is 7. The van der Waals surface area contributed by atoms with E-state index in [0.717, 1.165) is 0 Å². The van der Waals surface area contributed by atoms with Crippen molar-refractivity contribution >= 4 is 37.3 Å². The van der Waals surface area contributed by atoms with Crippen molar-refractivity contribution < 1.29 is 21.6 Å². The van der Waals surface area contributed by atoms with Crippen molar-refractivity contribution in [2.75, 3.05) is 35.0 Å². The molecule has 1 aliphatic rings. The van der Waals surface area contributed by atoms with Gasteiger partial charge in [0.1, 0.15) is 0 Å². The van der Waals surface area contributed by atoms with Gasteiger partial charge in [0, 0.05) is 30.9 Å². The van der Waals surface area contributed by atoms with Crippen LogP contribution in [0.15, 0.2) is 53.4 Å². The summed E-state index contributed by atoms with van der Waals surface area (Å²) >= 11 is 0. The fourth-order valence-electron chi connectivity index (χ4n) is 3.36. The van der Waals surface area contributed by atoms with Gasteiger partial charge in [-0.05, 0) is 48.9 Å². The average molecular weight is 452 g/mol. The highest BCUT2D eigenvalue weighted by atomic mass is 32.2. The Morgan fingerprint density at radius 3 is 2.33 bits per heavy atom. The summed E-state index contributed by atoms with van der Waals surface area (Å²) in [5, 5.41) is 2.73. The number of hydrogen-bond donors (Lipinski definition) is 1. The van der Waals surface area contributed by atoms with Crippen molar-refractivity contribution in [3.63, 3.8) is 0 Å². The van der Waals surface area contributed by atoms with Gasteiger partial charge in [0.25, 0.3) is 5.91 Å². The van der Waals surface area contributed by atoms with E-state index in [1.807, 2.05) is 0 Å². The van der Waals surface area contributed by atoms with Crippen LogP contribution in [0.4, 0.5) is 11.4 Å². The molecule has 0 atom stereocenters. The smallest absolute Gasteiger partial charge is 0.255 e. The van der Waals surface area contributed by atoms with Crippen molar-refractivity contribution in [1.82, 2.24) is 4.31 Å². The zero-order valence-corrected chi connectivity index (χ0v) is 18.5. The van der Waals surface area contributed by atoms with E-state index in [1.165, 1.54) is 32.9 Å². The molecule has 1 saturated heterocycles. The molecule has 2 aromatic rings. The Labute approximate surface area is 177 Å². The van der Waals surface area contributed by atoms with E-state index < -0.39 is 26.0 Å². The topological polar surface area (TPSA) is 104 Å². The third-order valence-electron chi connectivity index (χ3n) is 4.95. The Bertz CT molecular complexity index is 1130. The monoisotopic (exact) mass is 451 g/mol. The molecule has 162 valence electrons. The number of sulfonamides is 2. The van der Waals surface area contributed by atoms with E-state index in [4.69, 9.17) is 0 Å². The third kappa shape index (κ3) is 4.50. The molecule has 1 N–H and O–H groups in total. The second-order valence-corrected chi connectivity index (χ2v) is 10.8. The standard InChI is InChI=1S/C20H25N3O5S2/c1-3-22(4-2)30(27,28)19-11-9-16(10-12-19)20(24)21-17-7-5-8-18(15-17)23-13-6-14-29(23,25)26/h5,7-12,15H,3-4,6,13-14H2,1-2H3,(H,21,24). The lowest BCUT2D eigenvalue weighted by atomic mass is 10.2. The molecule has 0 aromatic heterocycles. The summed E-state index contributed by atoms with van der Waals surface area (Å²) < 4.78 is 52.0. The number of hydrogen-bond acceptors (Lipinski definition) is 5. The number of amides is 1. The van der Waals surface area contributed by atoms with Gasteiger partial charge in [0.2, 0.25) is 20.0 Å². The maximum absolute atomic E-state index is 12.6. The molecule has 30 heavy (non-hydrogen) atoms. The van der Waals surface area contributed by atoms with Crippen LogP contribution in [0.25, 0.3) is 0 Å². The lowest BCUT2D eigenvalue weighted by molar-refractivity contribution is 0.102. The predicted octanol–water partition coefficient (Wildman–Crippen LogP) is 2.51. The van der Waals surface area contributed by atoms with Gasteiger partial charge < -0.3 is 5.32 Å². The molecule has 1 amide bonds. The largest absolute Gasteiger partial charge is 0.322 e. The molecule has 1 heterocycles. The van der Waals surface area contributed by atoms with Crippen LogP contribution >= 0.6 is 0 Å². The van der Waals surface area contributed by atoms with E-state index in [9.17, 15) is 21.6 Å². The molecule has 0 spiro atoms. The van der Waals surface area contributed by atoms with Crippen LogP contribution in [0.1, 0.15) is 30.6 Å². The van der Waals surface area contributed by atoms with E-state index >= 15 is 0 Å². The lowest BCUT2D eigenvalue weighted by Gasteiger charge is -2.18. The summed E-state index contributed by atoms with van der Waals surface area (Å²) in [5.74, 6) is -0.296. The van der Waals surface area contributed by atoms with Crippen LogP contribution in [0.3, 0.4) is 0 Å². The number of nitrogens with one attached hydrogen (secondary N) is 1. The SMILES string of the molecule is CCN(CC)S(=O)(=O)c1ccc(C(=O)Nc2cccc(N3CCCS3(=O)=O)c2)cc1. The van der Waals surface area contributed by atoms with Crippen LogP contribution in [0, 0.1) is 0 Å². The first-order chi connectivity index (χ1) is 14.2. The van der Waals surface area contributed by atoms with Crippen molar-refractivity contribution in [3.05, 3.63) is 54.1 Å². The van der Waals surface area contributed by atoms with Crippen molar-refractivity contribution in [1.29, 1.82) is 0 Å². The van der Waals surface area contributed by atoms with Crippen LogP contribution in [-0.4, -0.2) is 52.4 Å². The first-order valence-corrected chi connectivity index (χ1v) is 12.8.